The van der Waals surface area contributed by atoms with Crippen molar-refractivity contribution in [2.45, 2.75) is 4.90 Å². The van der Waals surface area contributed by atoms with E-state index >= 15 is 0 Å². The number of rotatable bonds is 3. The van der Waals surface area contributed by atoms with Gasteiger partial charge in [0.1, 0.15) is 5.75 Å². The molecule has 0 atom stereocenters. The maximum atomic E-state index is 11.8. The Kier molecular flexibility index (Phi) is 5.91. The Morgan fingerprint density at radius 3 is 2.25 bits per heavy atom. The van der Waals surface area contributed by atoms with Crippen LogP contribution in [0.3, 0.4) is 0 Å². The van der Waals surface area contributed by atoms with Crippen molar-refractivity contribution >= 4 is 45.6 Å². The second-order valence-electron chi connectivity index (χ2n) is 3.71. The van der Waals surface area contributed by atoms with Gasteiger partial charge < -0.3 is 4.74 Å². The van der Waals surface area contributed by atoms with Crippen LogP contribution in [0.1, 0.15) is 10.4 Å². The number of esters is 1. The second kappa shape index (κ2) is 7.01. The molecule has 0 aromatic heterocycles. The van der Waals surface area contributed by atoms with Crippen molar-refractivity contribution in [3.8, 4) is 5.75 Å². The number of para-hydroxylation sites is 1. The smallest absolute Gasteiger partial charge is 0.343 e. The fourth-order valence-corrected chi connectivity index (χ4v) is 1.96. The summed E-state index contributed by atoms with van der Waals surface area (Å²) in [6, 6.07) is 13.4. The van der Waals surface area contributed by atoms with E-state index < -0.39 is 16.1 Å². The van der Waals surface area contributed by atoms with Crippen molar-refractivity contribution in [3.05, 3.63) is 60.2 Å². The maximum Gasteiger partial charge on any atom is 0.343 e. The van der Waals surface area contributed by atoms with E-state index in [1.165, 1.54) is 18.2 Å². The third kappa shape index (κ3) is 4.43. The first-order valence-corrected chi connectivity index (χ1v) is 6.75. The number of ether oxygens (including phenoxy) is 1. The van der Waals surface area contributed by atoms with Gasteiger partial charge in [-0.05, 0) is 30.3 Å². The molecule has 0 aliphatic heterocycles. The van der Waals surface area contributed by atoms with E-state index in [-0.39, 0.29) is 40.0 Å². The van der Waals surface area contributed by atoms with Crippen LogP contribution < -0.4 is 4.74 Å². The quantitative estimate of drug-likeness (QED) is 0.404. The van der Waals surface area contributed by atoms with Gasteiger partial charge in [0, 0.05) is 29.6 Å². The minimum absolute atomic E-state index is 0. The zero-order valence-corrected chi connectivity index (χ0v) is 13.5. The Hall–Kier alpha value is -1.18. The van der Waals surface area contributed by atoms with Crippen LogP contribution in [0.5, 0.6) is 5.75 Å². The SMILES string of the molecule is O=C(Oc1ccccc1)c1cccc(S(=O)(=O)O)c1.[Na]. The van der Waals surface area contributed by atoms with E-state index in [0.717, 1.165) is 6.07 Å². The molecule has 0 heterocycles. The standard InChI is InChI=1S/C13H10O5S.Na/c14-13(18-11-6-2-1-3-7-11)10-5-4-8-12(9-10)19(15,16)17;/h1-9H,(H,15,16,17);. The van der Waals surface area contributed by atoms with Crippen molar-refractivity contribution in [2.24, 2.45) is 0 Å². The summed E-state index contributed by atoms with van der Waals surface area (Å²) in [5.74, 6) is -0.346. The molecule has 0 fully saturated rings. The molecule has 0 aliphatic rings. The summed E-state index contributed by atoms with van der Waals surface area (Å²) >= 11 is 0. The van der Waals surface area contributed by atoms with Crippen LogP contribution in [-0.2, 0) is 10.1 Å². The number of carbonyl (C=O) groups is 1. The molecule has 2 aromatic rings. The minimum atomic E-state index is -4.34. The van der Waals surface area contributed by atoms with Gasteiger partial charge in [-0.25, -0.2) is 4.79 Å². The van der Waals surface area contributed by atoms with Crippen LogP contribution in [0.25, 0.3) is 0 Å². The summed E-state index contributed by atoms with van der Waals surface area (Å²) in [6.07, 6.45) is 0. The molecule has 2 aromatic carbocycles. The number of benzene rings is 2. The summed E-state index contributed by atoms with van der Waals surface area (Å²) in [4.78, 5) is 11.4. The third-order valence-electron chi connectivity index (χ3n) is 2.32. The summed E-state index contributed by atoms with van der Waals surface area (Å²) < 4.78 is 35.9. The Balaban J connectivity index is 0.00000200. The third-order valence-corrected chi connectivity index (χ3v) is 3.17. The molecule has 2 rings (SSSR count). The molecule has 1 radical (unpaired) electrons. The van der Waals surface area contributed by atoms with Gasteiger partial charge in [0.15, 0.2) is 0 Å². The summed E-state index contributed by atoms with van der Waals surface area (Å²) in [7, 11) is -4.34. The van der Waals surface area contributed by atoms with E-state index in [1.807, 2.05) is 0 Å². The predicted octanol–water partition coefficient (Wildman–Crippen LogP) is 1.77. The van der Waals surface area contributed by atoms with Gasteiger partial charge in [-0.15, -0.1) is 0 Å². The van der Waals surface area contributed by atoms with Gasteiger partial charge in [-0.3, -0.25) is 4.55 Å². The van der Waals surface area contributed by atoms with Gasteiger partial charge in [-0.2, -0.15) is 8.42 Å². The van der Waals surface area contributed by atoms with Crippen molar-refractivity contribution in [3.63, 3.8) is 0 Å². The summed E-state index contributed by atoms with van der Waals surface area (Å²) in [5.41, 5.74) is 0.0407. The molecule has 5 nitrogen and oxygen atoms in total. The first-order valence-electron chi connectivity index (χ1n) is 5.31. The van der Waals surface area contributed by atoms with E-state index in [1.54, 1.807) is 30.3 Å². The van der Waals surface area contributed by atoms with Crippen LogP contribution in [0.15, 0.2) is 59.5 Å². The van der Waals surface area contributed by atoms with Gasteiger partial charge in [0.05, 0.1) is 10.5 Å². The predicted molar refractivity (Wildman–Crippen MR) is 73.4 cm³/mol. The Labute approximate surface area is 138 Å². The topological polar surface area (TPSA) is 80.7 Å². The number of carbonyl (C=O) groups excluding carboxylic acids is 1. The molecule has 1 N–H and O–H groups in total. The Bertz CT molecular complexity index is 698. The van der Waals surface area contributed by atoms with E-state index in [4.69, 9.17) is 9.29 Å². The number of hydrogen-bond acceptors (Lipinski definition) is 4. The average molecular weight is 301 g/mol. The molecule has 7 heteroatoms. The minimum Gasteiger partial charge on any atom is -0.423 e. The maximum absolute atomic E-state index is 11.8. The molecule has 99 valence electrons. The van der Waals surface area contributed by atoms with E-state index in [2.05, 4.69) is 0 Å². The van der Waals surface area contributed by atoms with Gasteiger partial charge >= 0.3 is 5.97 Å². The van der Waals surface area contributed by atoms with E-state index in [0.29, 0.717) is 5.75 Å². The van der Waals surface area contributed by atoms with Crippen LogP contribution in [-0.4, -0.2) is 48.5 Å². The largest absolute Gasteiger partial charge is 0.423 e. The summed E-state index contributed by atoms with van der Waals surface area (Å²) in [5, 5.41) is 0. The van der Waals surface area contributed by atoms with Crippen molar-refractivity contribution in [2.75, 3.05) is 0 Å². The monoisotopic (exact) mass is 301 g/mol. The van der Waals surface area contributed by atoms with Crippen LogP contribution in [0.2, 0.25) is 0 Å². The van der Waals surface area contributed by atoms with Crippen molar-refractivity contribution < 1.29 is 22.5 Å². The molecule has 0 saturated carbocycles. The number of hydrogen-bond donors (Lipinski definition) is 1. The molecular weight excluding hydrogens is 291 g/mol. The molecular formula is C13H10NaO5S. The molecule has 0 saturated heterocycles. The van der Waals surface area contributed by atoms with Crippen molar-refractivity contribution in [1.29, 1.82) is 0 Å². The Morgan fingerprint density at radius 2 is 1.65 bits per heavy atom. The molecule has 0 aliphatic carbocycles. The molecule has 20 heavy (non-hydrogen) atoms. The molecule has 0 unspecified atom stereocenters. The molecule has 0 amide bonds. The first-order chi connectivity index (χ1) is 8.97. The Morgan fingerprint density at radius 1 is 1.00 bits per heavy atom. The van der Waals surface area contributed by atoms with Gasteiger partial charge in [-0.1, -0.05) is 24.3 Å². The second-order valence-corrected chi connectivity index (χ2v) is 5.13. The normalized spacial score (nSPS) is 10.4. The molecule has 0 bridgehead atoms. The average Bonchev–Trinajstić information content (AvgIpc) is 2.39. The zero-order valence-electron chi connectivity index (χ0n) is 10.7. The fourth-order valence-electron chi connectivity index (χ4n) is 1.44. The van der Waals surface area contributed by atoms with Crippen LogP contribution >= 0.6 is 0 Å². The first kappa shape index (κ1) is 16.9. The van der Waals surface area contributed by atoms with Gasteiger partial charge in [0.2, 0.25) is 0 Å². The summed E-state index contributed by atoms with van der Waals surface area (Å²) in [6.45, 7) is 0. The van der Waals surface area contributed by atoms with E-state index in [9.17, 15) is 13.2 Å². The zero-order chi connectivity index (χ0) is 13.9. The van der Waals surface area contributed by atoms with Gasteiger partial charge in [0.25, 0.3) is 10.1 Å². The molecule has 0 spiro atoms. The van der Waals surface area contributed by atoms with Crippen LogP contribution in [0.4, 0.5) is 0 Å². The fraction of sp³-hybridized carbons (Fsp3) is 0. The van der Waals surface area contributed by atoms with Crippen molar-refractivity contribution in [1.82, 2.24) is 0 Å². The van der Waals surface area contributed by atoms with Crippen LogP contribution in [0, 0.1) is 0 Å².